The Morgan fingerprint density at radius 2 is 1.90 bits per heavy atom. The van der Waals surface area contributed by atoms with Crippen molar-refractivity contribution in [1.82, 2.24) is 15.5 Å². The lowest BCUT2D eigenvalue weighted by Crippen LogP contribution is -2.48. The third-order valence-corrected chi connectivity index (χ3v) is 7.04. The number of nitrogens with zero attached hydrogens (tertiary/aromatic N) is 3. The molecule has 0 unspecified atom stereocenters. The molecule has 2 aliphatic rings. The molecule has 1 fully saturated rings. The number of thiophene rings is 1. The van der Waals surface area contributed by atoms with E-state index in [1.165, 1.54) is 29.1 Å². The average molecular weight is 554 g/mol. The van der Waals surface area contributed by atoms with Crippen LogP contribution in [0.5, 0.6) is 0 Å². The highest BCUT2D eigenvalue weighted by atomic mass is 127. The Kier molecular flexibility index (Phi) is 9.93. The maximum atomic E-state index is 4.86. The van der Waals surface area contributed by atoms with Gasteiger partial charge in [0.15, 0.2) is 5.96 Å². The molecule has 0 radical (unpaired) electrons. The summed E-state index contributed by atoms with van der Waals surface area (Å²) in [5.41, 5.74) is 3.02. The van der Waals surface area contributed by atoms with Crippen LogP contribution in [0.25, 0.3) is 0 Å². The molecule has 1 aromatic heterocycles. The predicted octanol–water partition coefficient (Wildman–Crippen LogP) is 4.34. The van der Waals surface area contributed by atoms with Gasteiger partial charge in [0.2, 0.25) is 0 Å². The summed E-state index contributed by atoms with van der Waals surface area (Å²) >= 11 is 1.84. The van der Waals surface area contributed by atoms with Crippen LogP contribution in [0.15, 0.2) is 46.8 Å². The van der Waals surface area contributed by atoms with E-state index in [1.807, 2.05) is 11.3 Å². The molecule has 0 bridgehead atoms. The summed E-state index contributed by atoms with van der Waals surface area (Å²) in [5.74, 6) is 0.982. The van der Waals surface area contributed by atoms with Crippen molar-refractivity contribution in [2.45, 2.75) is 45.2 Å². The molecule has 0 amide bonds. The van der Waals surface area contributed by atoms with E-state index in [0.717, 1.165) is 64.5 Å². The molecule has 5 nitrogen and oxygen atoms in total. The van der Waals surface area contributed by atoms with Crippen LogP contribution in [0.3, 0.4) is 0 Å². The van der Waals surface area contributed by atoms with Crippen molar-refractivity contribution < 1.29 is 0 Å². The largest absolute Gasteiger partial charge is 0.363 e. The lowest BCUT2D eigenvalue weighted by molar-refractivity contribution is 0.252. The van der Waals surface area contributed by atoms with E-state index in [0.29, 0.717) is 6.04 Å². The van der Waals surface area contributed by atoms with Crippen molar-refractivity contribution in [2.24, 2.45) is 4.99 Å². The van der Waals surface area contributed by atoms with Gasteiger partial charge in [0.05, 0.1) is 5.00 Å². The van der Waals surface area contributed by atoms with E-state index in [4.69, 9.17) is 4.99 Å². The first-order valence-electron chi connectivity index (χ1n) is 11.4. The fourth-order valence-electron chi connectivity index (χ4n) is 4.44. The van der Waals surface area contributed by atoms with Crippen LogP contribution in [0.1, 0.15) is 37.3 Å². The number of benzene rings is 1. The Hall–Kier alpha value is -1.32. The highest BCUT2D eigenvalue weighted by Crippen LogP contribution is 2.24. The molecule has 1 saturated heterocycles. The fourth-order valence-corrected chi connectivity index (χ4v) is 5.22. The van der Waals surface area contributed by atoms with Crippen LogP contribution in [-0.2, 0) is 13.0 Å². The molecule has 0 saturated carbocycles. The zero-order valence-electron chi connectivity index (χ0n) is 18.6. The van der Waals surface area contributed by atoms with Crippen LogP contribution < -0.4 is 15.5 Å². The average Bonchev–Trinajstić information content (AvgIpc) is 3.32. The molecule has 31 heavy (non-hydrogen) atoms. The monoisotopic (exact) mass is 553 g/mol. The topological polar surface area (TPSA) is 42.9 Å². The molecule has 170 valence electrons. The van der Waals surface area contributed by atoms with Crippen molar-refractivity contribution in [1.29, 1.82) is 0 Å². The Labute approximate surface area is 208 Å². The summed E-state index contributed by atoms with van der Waals surface area (Å²) in [6.45, 7) is 9.54. The van der Waals surface area contributed by atoms with Gasteiger partial charge in [-0.1, -0.05) is 24.3 Å². The van der Waals surface area contributed by atoms with Crippen LogP contribution in [0.4, 0.5) is 5.00 Å². The third kappa shape index (κ3) is 7.08. The second-order valence-corrected chi connectivity index (χ2v) is 9.19. The molecule has 2 aromatic rings. The maximum absolute atomic E-state index is 4.86. The Balaban J connectivity index is 0.00000272. The van der Waals surface area contributed by atoms with E-state index in [-0.39, 0.29) is 24.0 Å². The predicted molar refractivity (Wildman–Crippen MR) is 144 cm³/mol. The van der Waals surface area contributed by atoms with Crippen molar-refractivity contribution in [3.05, 3.63) is 52.9 Å². The van der Waals surface area contributed by atoms with E-state index in [9.17, 15) is 0 Å². The van der Waals surface area contributed by atoms with E-state index in [1.54, 1.807) is 0 Å². The second-order valence-electron chi connectivity index (χ2n) is 8.27. The molecule has 2 N–H and O–H groups in total. The van der Waals surface area contributed by atoms with Gasteiger partial charge in [-0.15, -0.1) is 35.3 Å². The fraction of sp³-hybridized carbons (Fsp3) is 0.542. The first-order chi connectivity index (χ1) is 14.8. The minimum Gasteiger partial charge on any atom is -0.363 e. The molecule has 0 spiro atoms. The van der Waals surface area contributed by atoms with Gasteiger partial charge in [0.1, 0.15) is 0 Å². The molecule has 2 aliphatic heterocycles. The zero-order valence-corrected chi connectivity index (χ0v) is 21.7. The number of fused-ring (bicyclic) bond motifs is 1. The number of nitrogens with one attached hydrogen (secondary N) is 2. The summed E-state index contributed by atoms with van der Waals surface area (Å²) in [6.07, 6.45) is 4.61. The zero-order chi connectivity index (χ0) is 20.6. The Morgan fingerprint density at radius 1 is 1.10 bits per heavy atom. The van der Waals surface area contributed by atoms with Gasteiger partial charge in [-0.05, 0) is 61.2 Å². The molecule has 4 rings (SSSR count). The summed E-state index contributed by atoms with van der Waals surface area (Å²) in [5, 5.41) is 10.7. The van der Waals surface area contributed by atoms with Crippen molar-refractivity contribution in [3.8, 4) is 0 Å². The smallest absolute Gasteiger partial charge is 0.191 e. The number of guanidine groups is 1. The Bertz CT molecular complexity index is 802. The van der Waals surface area contributed by atoms with Crippen LogP contribution in [0, 0.1) is 0 Å². The van der Waals surface area contributed by atoms with Crippen molar-refractivity contribution in [2.75, 3.05) is 44.2 Å². The Morgan fingerprint density at radius 3 is 2.65 bits per heavy atom. The number of rotatable bonds is 7. The molecular weight excluding hydrogens is 517 g/mol. The van der Waals surface area contributed by atoms with Gasteiger partial charge in [0, 0.05) is 51.9 Å². The summed E-state index contributed by atoms with van der Waals surface area (Å²) in [4.78, 5) is 9.93. The maximum Gasteiger partial charge on any atom is 0.191 e. The van der Waals surface area contributed by atoms with E-state index >= 15 is 0 Å². The number of aliphatic imine (C=N–C) groups is 1. The highest BCUT2D eigenvalue weighted by molar-refractivity contribution is 14.0. The third-order valence-electron chi connectivity index (χ3n) is 6.11. The van der Waals surface area contributed by atoms with Crippen LogP contribution >= 0.6 is 35.3 Å². The van der Waals surface area contributed by atoms with Gasteiger partial charge < -0.3 is 15.5 Å². The minimum absolute atomic E-state index is 0. The van der Waals surface area contributed by atoms with E-state index in [2.05, 4.69) is 69.1 Å². The summed E-state index contributed by atoms with van der Waals surface area (Å²) in [6, 6.07) is 13.7. The van der Waals surface area contributed by atoms with Gasteiger partial charge in [-0.25, -0.2) is 0 Å². The summed E-state index contributed by atoms with van der Waals surface area (Å²) in [7, 11) is 0. The van der Waals surface area contributed by atoms with Crippen molar-refractivity contribution >= 4 is 46.3 Å². The number of hydrogen-bond donors (Lipinski definition) is 2. The number of halogens is 1. The normalized spacial score (nSPS) is 17.7. The standard InChI is InChI=1S/C24H35N5S.HI/c1-2-25-24(27-22-11-16-29(17-12-22)23-9-5-18-30-23)26-13-6-14-28-15-10-20-7-3-4-8-21(20)19-28;/h3-5,7-9,18,22H,2,6,10-17,19H2,1H3,(H2,25,26,27);1H. The van der Waals surface area contributed by atoms with E-state index < -0.39 is 0 Å². The molecule has 3 heterocycles. The van der Waals surface area contributed by atoms with Gasteiger partial charge in [0.25, 0.3) is 0 Å². The lowest BCUT2D eigenvalue weighted by atomic mass is 10.00. The van der Waals surface area contributed by atoms with Gasteiger partial charge in [-0.2, -0.15) is 0 Å². The highest BCUT2D eigenvalue weighted by Gasteiger charge is 2.20. The lowest BCUT2D eigenvalue weighted by Gasteiger charge is -2.33. The second kappa shape index (κ2) is 12.6. The molecular formula is C24H36IN5S. The molecule has 0 aliphatic carbocycles. The minimum atomic E-state index is 0. The molecule has 1 aromatic carbocycles. The number of piperidine rings is 1. The quantitative estimate of drug-likeness (QED) is 0.232. The molecule has 0 atom stereocenters. The SMILES string of the molecule is CCNC(=NCCCN1CCc2ccccc2C1)NC1CCN(c2cccs2)CC1.I. The summed E-state index contributed by atoms with van der Waals surface area (Å²) < 4.78 is 0. The van der Waals surface area contributed by atoms with Gasteiger partial charge >= 0.3 is 0 Å². The molecule has 7 heteroatoms. The van der Waals surface area contributed by atoms with Crippen molar-refractivity contribution in [3.63, 3.8) is 0 Å². The first kappa shape index (κ1) is 24.3. The number of hydrogen-bond acceptors (Lipinski definition) is 4. The first-order valence-corrected chi connectivity index (χ1v) is 12.3. The van der Waals surface area contributed by atoms with Crippen LogP contribution in [-0.4, -0.2) is 56.2 Å². The number of anilines is 1. The van der Waals surface area contributed by atoms with Gasteiger partial charge in [-0.3, -0.25) is 9.89 Å². The van der Waals surface area contributed by atoms with Crippen LogP contribution in [0.2, 0.25) is 0 Å².